The Morgan fingerprint density at radius 1 is 1.25 bits per heavy atom. The average molecular weight is 454 g/mol. The fourth-order valence-corrected chi connectivity index (χ4v) is 2.46. The molecule has 1 amide bonds. The zero-order valence-corrected chi connectivity index (χ0v) is 18.0. The van der Waals surface area contributed by atoms with Crippen molar-refractivity contribution in [3.8, 4) is 0 Å². The fourth-order valence-electron chi connectivity index (χ4n) is 2.46. The molecule has 2 N–H and O–H groups in total. The summed E-state index contributed by atoms with van der Waals surface area (Å²) >= 11 is 0. The van der Waals surface area contributed by atoms with E-state index in [2.05, 4.69) is 29.5 Å². The van der Waals surface area contributed by atoms with Gasteiger partial charge in [-0.25, -0.2) is 4.99 Å². The SMILES string of the molecule is CCC(CC)CNC(=NCC(=O)N(C)C)NCC1CCCCO1.I. The van der Waals surface area contributed by atoms with Gasteiger partial charge < -0.3 is 20.3 Å². The molecule has 0 aliphatic carbocycles. The molecule has 0 spiro atoms. The largest absolute Gasteiger partial charge is 0.376 e. The number of nitrogens with zero attached hydrogens (tertiary/aromatic N) is 2. The third-order valence-corrected chi connectivity index (χ3v) is 4.36. The molecule has 1 heterocycles. The number of guanidine groups is 1. The second-order valence-corrected chi connectivity index (χ2v) is 6.39. The van der Waals surface area contributed by atoms with Crippen LogP contribution in [0.25, 0.3) is 0 Å². The lowest BCUT2D eigenvalue weighted by atomic mass is 10.0. The minimum absolute atomic E-state index is 0. The number of nitrogens with one attached hydrogen (secondary N) is 2. The summed E-state index contributed by atoms with van der Waals surface area (Å²) in [5.41, 5.74) is 0. The van der Waals surface area contributed by atoms with Crippen LogP contribution in [-0.2, 0) is 9.53 Å². The first-order valence-corrected chi connectivity index (χ1v) is 8.90. The van der Waals surface area contributed by atoms with Crippen LogP contribution in [0, 0.1) is 5.92 Å². The Hall–Kier alpha value is -0.570. The Balaban J connectivity index is 0.00000529. The van der Waals surface area contributed by atoms with Crippen molar-refractivity contribution >= 4 is 35.8 Å². The van der Waals surface area contributed by atoms with Gasteiger partial charge in [-0.2, -0.15) is 0 Å². The van der Waals surface area contributed by atoms with Gasteiger partial charge in [0.05, 0.1) is 6.10 Å². The molecule has 1 aliphatic rings. The highest BCUT2D eigenvalue weighted by Crippen LogP contribution is 2.11. The van der Waals surface area contributed by atoms with Crippen LogP contribution in [0.3, 0.4) is 0 Å². The molecule has 0 saturated carbocycles. The number of carbonyl (C=O) groups is 1. The van der Waals surface area contributed by atoms with Crippen molar-refractivity contribution in [2.45, 2.75) is 52.1 Å². The van der Waals surface area contributed by atoms with Gasteiger partial charge in [-0.3, -0.25) is 4.79 Å². The zero-order valence-electron chi connectivity index (χ0n) is 15.6. The number of halogens is 1. The van der Waals surface area contributed by atoms with E-state index in [0.29, 0.717) is 11.9 Å². The molecule has 0 aromatic carbocycles. The molecule has 24 heavy (non-hydrogen) atoms. The first-order chi connectivity index (χ1) is 11.1. The lowest BCUT2D eigenvalue weighted by Crippen LogP contribution is -2.44. The molecule has 1 unspecified atom stereocenters. The van der Waals surface area contributed by atoms with Gasteiger partial charge in [-0.05, 0) is 25.2 Å². The second kappa shape index (κ2) is 13.7. The molecule has 6 nitrogen and oxygen atoms in total. The van der Waals surface area contributed by atoms with Gasteiger partial charge in [0.2, 0.25) is 5.91 Å². The molecule has 1 atom stereocenters. The van der Waals surface area contributed by atoms with Crippen molar-refractivity contribution < 1.29 is 9.53 Å². The van der Waals surface area contributed by atoms with Crippen LogP contribution in [-0.4, -0.2) is 63.2 Å². The molecule has 1 fully saturated rings. The van der Waals surface area contributed by atoms with Crippen LogP contribution in [0.1, 0.15) is 46.0 Å². The number of hydrogen-bond donors (Lipinski definition) is 2. The maximum Gasteiger partial charge on any atom is 0.243 e. The summed E-state index contributed by atoms with van der Waals surface area (Å²) in [6.45, 7) is 7.03. The number of likely N-dealkylation sites (N-methyl/N-ethyl adjacent to an activating group) is 1. The van der Waals surface area contributed by atoms with Crippen LogP contribution >= 0.6 is 24.0 Å². The average Bonchev–Trinajstić information content (AvgIpc) is 2.57. The summed E-state index contributed by atoms with van der Waals surface area (Å²) in [6.07, 6.45) is 5.98. The monoisotopic (exact) mass is 454 g/mol. The van der Waals surface area contributed by atoms with E-state index in [-0.39, 0.29) is 42.5 Å². The first kappa shape index (κ1) is 23.4. The molecule has 1 aliphatic heterocycles. The molecule has 1 saturated heterocycles. The minimum Gasteiger partial charge on any atom is -0.376 e. The molecular formula is C17H35IN4O2. The summed E-state index contributed by atoms with van der Waals surface area (Å²) in [5, 5.41) is 6.70. The molecule has 0 bridgehead atoms. The highest BCUT2D eigenvalue weighted by atomic mass is 127. The van der Waals surface area contributed by atoms with Gasteiger partial charge in [-0.15, -0.1) is 24.0 Å². The van der Waals surface area contributed by atoms with E-state index >= 15 is 0 Å². The first-order valence-electron chi connectivity index (χ1n) is 8.90. The van der Waals surface area contributed by atoms with E-state index < -0.39 is 0 Å². The van der Waals surface area contributed by atoms with Gasteiger partial charge in [0.15, 0.2) is 5.96 Å². The van der Waals surface area contributed by atoms with E-state index in [1.807, 2.05) is 0 Å². The lowest BCUT2D eigenvalue weighted by molar-refractivity contribution is -0.127. The number of rotatable bonds is 8. The van der Waals surface area contributed by atoms with Gasteiger partial charge in [0.1, 0.15) is 6.54 Å². The number of carbonyl (C=O) groups excluding carboxylic acids is 1. The maximum atomic E-state index is 11.7. The molecule has 142 valence electrons. The fraction of sp³-hybridized carbons (Fsp3) is 0.882. The Bertz CT molecular complexity index is 368. The maximum absolute atomic E-state index is 11.7. The summed E-state index contributed by atoms with van der Waals surface area (Å²) in [6, 6.07) is 0. The third-order valence-electron chi connectivity index (χ3n) is 4.36. The Morgan fingerprint density at radius 2 is 1.96 bits per heavy atom. The summed E-state index contributed by atoms with van der Waals surface area (Å²) in [4.78, 5) is 17.7. The highest BCUT2D eigenvalue weighted by Gasteiger charge is 2.15. The lowest BCUT2D eigenvalue weighted by Gasteiger charge is -2.24. The summed E-state index contributed by atoms with van der Waals surface area (Å²) in [7, 11) is 3.50. The quantitative estimate of drug-likeness (QED) is 0.336. The van der Waals surface area contributed by atoms with Crippen LogP contribution in [0.4, 0.5) is 0 Å². The van der Waals surface area contributed by atoms with E-state index in [4.69, 9.17) is 4.74 Å². The standard InChI is InChI=1S/C17H34N4O2.HI/c1-5-14(6-2)11-18-17(20-13-16(22)21(3)4)19-12-15-9-7-8-10-23-15;/h14-15H,5-13H2,1-4H3,(H2,18,19,20);1H. The van der Waals surface area contributed by atoms with Crippen molar-refractivity contribution in [2.24, 2.45) is 10.9 Å². The topological polar surface area (TPSA) is 66.0 Å². The van der Waals surface area contributed by atoms with Crippen molar-refractivity contribution in [1.29, 1.82) is 0 Å². The molecule has 0 aromatic heterocycles. The highest BCUT2D eigenvalue weighted by molar-refractivity contribution is 14.0. The zero-order chi connectivity index (χ0) is 17.1. The van der Waals surface area contributed by atoms with Gasteiger partial charge in [-0.1, -0.05) is 26.7 Å². The number of amides is 1. The van der Waals surface area contributed by atoms with Gasteiger partial charge in [0.25, 0.3) is 0 Å². The normalized spacial score (nSPS) is 18.0. The summed E-state index contributed by atoms with van der Waals surface area (Å²) < 4.78 is 5.74. The molecule has 7 heteroatoms. The van der Waals surface area contributed by atoms with Crippen LogP contribution < -0.4 is 10.6 Å². The van der Waals surface area contributed by atoms with Crippen molar-refractivity contribution in [3.05, 3.63) is 0 Å². The van der Waals surface area contributed by atoms with E-state index in [1.165, 1.54) is 6.42 Å². The Morgan fingerprint density at radius 3 is 2.50 bits per heavy atom. The molecule has 1 rings (SSSR count). The predicted molar refractivity (Wildman–Crippen MR) is 110 cm³/mol. The number of aliphatic imine (C=N–C) groups is 1. The summed E-state index contributed by atoms with van der Waals surface area (Å²) in [5.74, 6) is 1.33. The Labute approximate surface area is 164 Å². The minimum atomic E-state index is 0. The Kier molecular flexibility index (Phi) is 13.4. The van der Waals surface area contributed by atoms with Crippen LogP contribution in [0.5, 0.6) is 0 Å². The van der Waals surface area contributed by atoms with Crippen LogP contribution in [0.2, 0.25) is 0 Å². The second-order valence-electron chi connectivity index (χ2n) is 6.39. The van der Waals surface area contributed by atoms with E-state index in [1.54, 1.807) is 19.0 Å². The number of ether oxygens (including phenoxy) is 1. The van der Waals surface area contributed by atoms with Gasteiger partial charge >= 0.3 is 0 Å². The molecule has 0 aromatic rings. The number of hydrogen-bond acceptors (Lipinski definition) is 3. The molecule has 0 radical (unpaired) electrons. The molecular weight excluding hydrogens is 419 g/mol. The van der Waals surface area contributed by atoms with Crippen LogP contribution in [0.15, 0.2) is 4.99 Å². The predicted octanol–water partition coefficient (Wildman–Crippen LogP) is 2.23. The van der Waals surface area contributed by atoms with Gasteiger partial charge in [0, 0.05) is 33.8 Å². The van der Waals surface area contributed by atoms with Crippen molar-refractivity contribution in [3.63, 3.8) is 0 Å². The third kappa shape index (κ3) is 9.66. The van der Waals surface area contributed by atoms with E-state index in [0.717, 1.165) is 45.4 Å². The smallest absolute Gasteiger partial charge is 0.243 e. The van der Waals surface area contributed by atoms with Crippen molar-refractivity contribution in [1.82, 2.24) is 15.5 Å². The van der Waals surface area contributed by atoms with E-state index in [9.17, 15) is 4.79 Å². The van der Waals surface area contributed by atoms with Crippen molar-refractivity contribution in [2.75, 3.05) is 40.3 Å².